The number of nitrogens with zero attached hydrogens (tertiary/aromatic N) is 4. The number of hydrogen-bond donors (Lipinski definition) is 2. The fourth-order valence-electron chi connectivity index (χ4n) is 5.23. The molecule has 1 heterocycles. The summed E-state index contributed by atoms with van der Waals surface area (Å²) in [4.78, 5) is 22.3. The molecule has 1 aliphatic heterocycles. The summed E-state index contributed by atoms with van der Waals surface area (Å²) in [6.07, 6.45) is -0.572. The van der Waals surface area contributed by atoms with Gasteiger partial charge in [0, 0.05) is 48.2 Å². The maximum atomic E-state index is 14.4. The summed E-state index contributed by atoms with van der Waals surface area (Å²) in [6, 6.07) is 23.8. The molecule has 2 atom stereocenters. The molecule has 0 bridgehead atoms. The summed E-state index contributed by atoms with van der Waals surface area (Å²) in [7, 11) is 1.52. The highest BCUT2D eigenvalue weighted by Crippen LogP contribution is 2.44. The van der Waals surface area contributed by atoms with Crippen molar-refractivity contribution in [3.8, 4) is 11.5 Å². The molecule has 0 aliphatic carbocycles. The number of hydrogen-bond acceptors (Lipinski definition) is 7. The van der Waals surface area contributed by atoms with Gasteiger partial charge in [-0.25, -0.2) is 13.8 Å². The van der Waals surface area contributed by atoms with E-state index in [0.29, 0.717) is 46.9 Å². The molecule has 12 heteroatoms. The highest BCUT2D eigenvalue weighted by molar-refractivity contribution is 6.01. The Labute approximate surface area is 263 Å². The molecule has 2 N–H and O–H groups in total. The van der Waals surface area contributed by atoms with E-state index in [9.17, 15) is 19.1 Å². The molecule has 46 heavy (non-hydrogen) atoms. The molecule has 1 aliphatic rings. The van der Waals surface area contributed by atoms with Gasteiger partial charge >= 0.3 is 0 Å². The van der Waals surface area contributed by atoms with Gasteiger partial charge in [0.25, 0.3) is 5.91 Å². The van der Waals surface area contributed by atoms with Crippen molar-refractivity contribution in [1.82, 2.24) is 5.32 Å². The van der Waals surface area contributed by atoms with Crippen LogP contribution in [0.25, 0.3) is 10.4 Å². The minimum atomic E-state index is -1.68. The number of amides is 1. The number of rotatable bonds is 13. The van der Waals surface area contributed by atoms with Crippen LogP contribution in [-0.2, 0) is 22.5 Å². The SMILES string of the molecule is COc1cccc([C@H]2OC(c3ccc(OCCCO)cc3)=N[C@@]2(Cc2ccccc2N=[N+]=[N-])C(=O)NCc2cc(F)cc(F)c2)c1. The van der Waals surface area contributed by atoms with Gasteiger partial charge in [-0.2, -0.15) is 0 Å². The Bertz CT molecular complexity index is 1760. The van der Waals surface area contributed by atoms with Crippen LogP contribution in [0.15, 0.2) is 101 Å². The maximum Gasteiger partial charge on any atom is 0.252 e. The number of carbonyl (C=O) groups excluding carboxylic acids is 1. The number of aliphatic hydroxyl groups excluding tert-OH is 1. The van der Waals surface area contributed by atoms with Crippen molar-refractivity contribution >= 4 is 17.5 Å². The predicted octanol–water partition coefficient (Wildman–Crippen LogP) is 6.49. The zero-order valence-electron chi connectivity index (χ0n) is 24.9. The third-order valence-corrected chi connectivity index (χ3v) is 7.41. The molecule has 0 saturated heterocycles. The molecule has 0 radical (unpaired) electrons. The summed E-state index contributed by atoms with van der Waals surface area (Å²) in [6.45, 7) is 0.159. The fraction of sp³-hybridized carbons (Fsp3) is 0.235. The molecule has 0 unspecified atom stereocenters. The van der Waals surface area contributed by atoms with Crippen molar-refractivity contribution in [2.75, 3.05) is 20.3 Å². The van der Waals surface area contributed by atoms with Crippen LogP contribution < -0.4 is 14.8 Å². The number of methoxy groups -OCH3 is 1. The molecule has 0 saturated carbocycles. The molecular formula is C34H31F2N5O5. The first-order chi connectivity index (χ1) is 22.3. The molecular weight excluding hydrogens is 596 g/mol. The highest BCUT2D eigenvalue weighted by atomic mass is 19.1. The normalized spacial score (nSPS) is 17.0. The summed E-state index contributed by atoms with van der Waals surface area (Å²) in [5.74, 6) is -0.857. The summed E-state index contributed by atoms with van der Waals surface area (Å²) in [5.41, 5.74) is 9.75. The van der Waals surface area contributed by atoms with E-state index < -0.39 is 29.2 Å². The van der Waals surface area contributed by atoms with Gasteiger partial charge in [-0.05, 0) is 70.8 Å². The van der Waals surface area contributed by atoms with Gasteiger partial charge in [0.15, 0.2) is 11.6 Å². The van der Waals surface area contributed by atoms with Gasteiger partial charge in [-0.3, -0.25) is 4.79 Å². The van der Waals surface area contributed by atoms with Crippen LogP contribution in [0.4, 0.5) is 14.5 Å². The zero-order valence-corrected chi connectivity index (χ0v) is 24.9. The van der Waals surface area contributed by atoms with Crippen molar-refractivity contribution in [3.05, 3.63) is 135 Å². The first-order valence-corrected chi connectivity index (χ1v) is 14.5. The lowest BCUT2D eigenvalue weighted by Gasteiger charge is -2.31. The number of aliphatic hydroxyl groups is 1. The number of benzene rings is 4. The Balaban J connectivity index is 1.61. The number of halogens is 2. The van der Waals surface area contributed by atoms with E-state index in [-0.39, 0.29) is 31.0 Å². The van der Waals surface area contributed by atoms with Crippen LogP contribution in [0.3, 0.4) is 0 Å². The second-order valence-corrected chi connectivity index (χ2v) is 10.5. The van der Waals surface area contributed by atoms with Crippen LogP contribution in [0.5, 0.6) is 11.5 Å². The maximum absolute atomic E-state index is 14.4. The molecule has 10 nitrogen and oxygen atoms in total. The molecule has 4 aromatic carbocycles. The largest absolute Gasteiger partial charge is 0.497 e. The number of carbonyl (C=O) groups is 1. The number of aliphatic imine (C=N–C) groups is 1. The Morgan fingerprint density at radius 3 is 2.52 bits per heavy atom. The van der Waals surface area contributed by atoms with E-state index in [0.717, 1.165) is 18.2 Å². The number of azide groups is 1. The molecule has 1 amide bonds. The lowest BCUT2D eigenvalue weighted by Crippen LogP contribution is -2.49. The minimum Gasteiger partial charge on any atom is -0.497 e. The van der Waals surface area contributed by atoms with Gasteiger partial charge in [-0.15, -0.1) is 0 Å². The van der Waals surface area contributed by atoms with Crippen LogP contribution >= 0.6 is 0 Å². The molecule has 5 rings (SSSR count). The standard InChI is InChI=1S/C34H31F2N5O5/c1-44-29-8-4-7-24(18-29)31-34(20-25-6-2-3-9-30(25)40-41-37,33(43)38-21-22-16-26(35)19-27(36)17-22)39-32(46-31)23-10-12-28(13-11-23)45-15-5-14-42/h2-4,6-13,16-19,31,42H,5,14-15,20-21H2,1H3,(H,38,43)/t31-,34-/m1/s1. The van der Waals surface area contributed by atoms with Crippen molar-refractivity contribution in [3.63, 3.8) is 0 Å². The Morgan fingerprint density at radius 2 is 1.80 bits per heavy atom. The van der Waals surface area contributed by atoms with Crippen LogP contribution in [0.2, 0.25) is 0 Å². The fourth-order valence-corrected chi connectivity index (χ4v) is 5.23. The average molecular weight is 628 g/mol. The monoisotopic (exact) mass is 627 g/mol. The summed E-state index contributed by atoms with van der Waals surface area (Å²) >= 11 is 0. The van der Waals surface area contributed by atoms with Gasteiger partial charge in [-0.1, -0.05) is 41.5 Å². The van der Waals surface area contributed by atoms with E-state index in [2.05, 4.69) is 15.3 Å². The number of ether oxygens (including phenoxy) is 3. The van der Waals surface area contributed by atoms with Crippen LogP contribution in [-0.4, -0.2) is 42.8 Å². The molecule has 236 valence electrons. The van der Waals surface area contributed by atoms with E-state index in [1.54, 1.807) is 72.8 Å². The Kier molecular flexibility index (Phi) is 10.1. The second kappa shape index (κ2) is 14.6. The van der Waals surface area contributed by atoms with Gasteiger partial charge in [0.2, 0.25) is 5.90 Å². The summed E-state index contributed by atoms with van der Waals surface area (Å²) < 4.78 is 45.6. The van der Waals surface area contributed by atoms with Crippen molar-refractivity contribution < 1.29 is 32.9 Å². The molecule has 0 aromatic heterocycles. The van der Waals surface area contributed by atoms with Crippen molar-refractivity contribution in [2.45, 2.75) is 31.0 Å². The van der Waals surface area contributed by atoms with E-state index in [1.165, 1.54) is 7.11 Å². The highest BCUT2D eigenvalue weighted by Gasteiger charge is 2.53. The minimum absolute atomic E-state index is 0.00942. The predicted molar refractivity (Wildman–Crippen MR) is 167 cm³/mol. The third-order valence-electron chi connectivity index (χ3n) is 7.41. The summed E-state index contributed by atoms with van der Waals surface area (Å²) in [5, 5.41) is 15.7. The first kappa shape index (κ1) is 32.0. The first-order valence-electron chi connectivity index (χ1n) is 14.5. The van der Waals surface area contributed by atoms with Crippen molar-refractivity contribution in [1.29, 1.82) is 0 Å². The number of nitrogens with one attached hydrogen (secondary N) is 1. The van der Waals surface area contributed by atoms with Gasteiger partial charge < -0.3 is 24.6 Å². The zero-order chi connectivity index (χ0) is 32.5. The lowest BCUT2D eigenvalue weighted by atomic mass is 9.81. The van der Waals surface area contributed by atoms with Gasteiger partial charge in [0.05, 0.1) is 13.7 Å². The Hall–Kier alpha value is -5.45. The van der Waals surface area contributed by atoms with E-state index in [1.807, 2.05) is 0 Å². The Morgan fingerprint density at radius 1 is 1.04 bits per heavy atom. The molecule has 0 fully saturated rings. The average Bonchev–Trinajstić information content (AvgIpc) is 3.45. The molecule has 0 spiro atoms. The van der Waals surface area contributed by atoms with Gasteiger partial charge in [0.1, 0.15) is 23.1 Å². The molecule has 4 aromatic rings. The van der Waals surface area contributed by atoms with E-state index in [4.69, 9.17) is 24.3 Å². The smallest absolute Gasteiger partial charge is 0.252 e. The second-order valence-electron chi connectivity index (χ2n) is 10.5. The van der Waals surface area contributed by atoms with Crippen LogP contribution in [0.1, 0.15) is 34.8 Å². The lowest BCUT2D eigenvalue weighted by molar-refractivity contribution is -0.129. The topological polar surface area (TPSA) is 138 Å². The quantitative estimate of drug-likeness (QED) is 0.0755. The van der Waals surface area contributed by atoms with Crippen LogP contribution in [0, 0.1) is 11.6 Å². The third kappa shape index (κ3) is 7.26. The van der Waals surface area contributed by atoms with E-state index >= 15 is 0 Å². The van der Waals surface area contributed by atoms with Crippen molar-refractivity contribution in [2.24, 2.45) is 10.1 Å².